The summed E-state index contributed by atoms with van der Waals surface area (Å²) in [6.07, 6.45) is 3.73. The molecule has 0 radical (unpaired) electrons. The molecule has 1 aliphatic rings. The first kappa shape index (κ1) is 15.7. The van der Waals surface area contributed by atoms with Crippen molar-refractivity contribution in [3.63, 3.8) is 0 Å². The number of benzene rings is 1. The first-order chi connectivity index (χ1) is 12.7. The minimum atomic E-state index is 0.247. The van der Waals surface area contributed by atoms with E-state index < -0.39 is 0 Å². The molecule has 1 atom stereocenters. The van der Waals surface area contributed by atoms with Crippen LogP contribution in [0.4, 0.5) is 5.82 Å². The zero-order valence-corrected chi connectivity index (χ0v) is 15.8. The average Bonchev–Trinajstić information content (AvgIpc) is 3.23. The van der Waals surface area contributed by atoms with E-state index in [0.717, 1.165) is 64.4 Å². The summed E-state index contributed by atoms with van der Waals surface area (Å²) < 4.78 is 8.55. The molecule has 0 spiro atoms. The summed E-state index contributed by atoms with van der Waals surface area (Å²) in [7, 11) is 1.89. The predicted octanol–water partition coefficient (Wildman–Crippen LogP) is 3.65. The van der Waals surface area contributed by atoms with Crippen LogP contribution >= 0.6 is 15.9 Å². The minimum Gasteiger partial charge on any atom is -0.440 e. The summed E-state index contributed by atoms with van der Waals surface area (Å²) in [6.45, 7) is 1.77. The second kappa shape index (κ2) is 6.05. The van der Waals surface area contributed by atoms with Crippen LogP contribution in [0, 0.1) is 0 Å². The molecule has 1 fully saturated rings. The third-order valence-corrected chi connectivity index (χ3v) is 5.49. The van der Waals surface area contributed by atoms with Gasteiger partial charge in [0, 0.05) is 20.1 Å². The molecule has 5 rings (SSSR count). The first-order valence-electron chi connectivity index (χ1n) is 8.64. The molecule has 26 heavy (non-hydrogen) atoms. The fraction of sp³-hybridized carbons (Fsp3) is 0.333. The maximum atomic E-state index is 6.01. The Hall–Kier alpha value is -2.48. The molecule has 3 aromatic heterocycles. The fourth-order valence-electron chi connectivity index (χ4n) is 3.70. The zero-order chi connectivity index (χ0) is 17.7. The third kappa shape index (κ3) is 2.47. The maximum Gasteiger partial charge on any atom is 0.200 e. The third-order valence-electron chi connectivity index (χ3n) is 4.94. The largest absolute Gasteiger partial charge is 0.440 e. The number of rotatable bonds is 2. The molecule has 1 aromatic carbocycles. The van der Waals surface area contributed by atoms with Gasteiger partial charge in [-0.2, -0.15) is 5.10 Å². The molecule has 1 unspecified atom stereocenters. The van der Waals surface area contributed by atoms with Crippen molar-refractivity contribution in [2.45, 2.75) is 18.8 Å². The van der Waals surface area contributed by atoms with Crippen molar-refractivity contribution in [3.8, 4) is 0 Å². The van der Waals surface area contributed by atoms with Gasteiger partial charge in [-0.25, -0.2) is 19.6 Å². The van der Waals surface area contributed by atoms with Gasteiger partial charge in [-0.15, -0.1) is 0 Å². The summed E-state index contributed by atoms with van der Waals surface area (Å²) in [5.74, 6) is 1.97. The molecule has 0 bridgehead atoms. The molecule has 0 aliphatic carbocycles. The second-order valence-electron chi connectivity index (χ2n) is 6.62. The average molecular weight is 413 g/mol. The lowest BCUT2D eigenvalue weighted by Crippen LogP contribution is -2.35. The Morgan fingerprint density at radius 3 is 3.00 bits per heavy atom. The van der Waals surface area contributed by atoms with Crippen LogP contribution in [-0.2, 0) is 7.05 Å². The molecule has 132 valence electrons. The van der Waals surface area contributed by atoms with Crippen molar-refractivity contribution >= 4 is 43.9 Å². The van der Waals surface area contributed by atoms with E-state index in [4.69, 9.17) is 9.40 Å². The highest BCUT2D eigenvalue weighted by molar-refractivity contribution is 9.10. The van der Waals surface area contributed by atoms with E-state index in [-0.39, 0.29) is 5.92 Å². The number of anilines is 1. The van der Waals surface area contributed by atoms with Crippen LogP contribution in [0.2, 0.25) is 0 Å². The van der Waals surface area contributed by atoms with Gasteiger partial charge >= 0.3 is 0 Å². The molecule has 0 amide bonds. The van der Waals surface area contributed by atoms with Gasteiger partial charge in [-0.05, 0) is 40.9 Å². The van der Waals surface area contributed by atoms with Crippen LogP contribution in [0.3, 0.4) is 0 Å². The van der Waals surface area contributed by atoms with Gasteiger partial charge in [0.05, 0.1) is 11.3 Å². The van der Waals surface area contributed by atoms with Crippen molar-refractivity contribution in [2.24, 2.45) is 7.05 Å². The summed E-state index contributed by atoms with van der Waals surface area (Å²) in [5.41, 5.74) is 2.59. The molecular formula is C18H17BrN6O. The van der Waals surface area contributed by atoms with E-state index in [1.54, 1.807) is 11.0 Å². The quantitative estimate of drug-likeness (QED) is 0.500. The molecule has 0 saturated carbocycles. The maximum absolute atomic E-state index is 6.01. The van der Waals surface area contributed by atoms with Crippen molar-refractivity contribution in [3.05, 3.63) is 41.1 Å². The predicted molar refractivity (Wildman–Crippen MR) is 102 cm³/mol. The fourth-order valence-corrected chi connectivity index (χ4v) is 4.29. The monoisotopic (exact) mass is 412 g/mol. The van der Waals surface area contributed by atoms with Gasteiger partial charge < -0.3 is 9.32 Å². The first-order valence-corrected chi connectivity index (χ1v) is 9.43. The Kier molecular flexibility index (Phi) is 3.66. The van der Waals surface area contributed by atoms with E-state index in [2.05, 4.69) is 35.9 Å². The highest BCUT2D eigenvalue weighted by atomic mass is 79.9. The highest BCUT2D eigenvalue weighted by Gasteiger charge is 2.28. The van der Waals surface area contributed by atoms with E-state index in [9.17, 15) is 0 Å². The van der Waals surface area contributed by atoms with E-state index in [1.165, 1.54) is 0 Å². The van der Waals surface area contributed by atoms with E-state index in [1.807, 2.05) is 31.3 Å². The lowest BCUT2D eigenvalue weighted by atomic mass is 9.98. The lowest BCUT2D eigenvalue weighted by molar-refractivity contribution is 0.412. The number of nitrogens with zero attached hydrogens (tertiary/aromatic N) is 6. The number of piperidine rings is 1. The standard InChI is InChI=1S/C18H17BrN6O/c1-24-16-14(15(19)23-24)17(21-10-20-16)25-8-4-5-11(9-25)18-22-12-6-2-3-7-13(12)26-18/h2-3,6-7,10-11H,4-5,8-9H2,1H3. The summed E-state index contributed by atoms with van der Waals surface area (Å²) in [5, 5.41) is 5.38. The number of aromatic nitrogens is 5. The second-order valence-corrected chi connectivity index (χ2v) is 7.37. The van der Waals surface area contributed by atoms with Crippen molar-refractivity contribution in [1.29, 1.82) is 0 Å². The van der Waals surface area contributed by atoms with Gasteiger partial charge in [-0.3, -0.25) is 0 Å². The van der Waals surface area contributed by atoms with Crippen LogP contribution in [0.5, 0.6) is 0 Å². The lowest BCUT2D eigenvalue weighted by Gasteiger charge is -2.32. The van der Waals surface area contributed by atoms with Crippen molar-refractivity contribution < 1.29 is 4.42 Å². The summed E-state index contributed by atoms with van der Waals surface area (Å²) in [4.78, 5) is 15.9. The van der Waals surface area contributed by atoms with Crippen LogP contribution in [-0.4, -0.2) is 37.8 Å². The van der Waals surface area contributed by atoms with Gasteiger partial charge in [0.2, 0.25) is 0 Å². The molecule has 8 heteroatoms. The summed E-state index contributed by atoms with van der Waals surface area (Å²) in [6, 6.07) is 7.91. The number of para-hydroxylation sites is 2. The van der Waals surface area contributed by atoms with E-state index in [0.29, 0.717) is 0 Å². The molecule has 4 aromatic rings. The normalized spacial score (nSPS) is 18.1. The van der Waals surface area contributed by atoms with Gasteiger partial charge in [-0.1, -0.05) is 12.1 Å². The van der Waals surface area contributed by atoms with Crippen LogP contribution in [0.25, 0.3) is 22.1 Å². The van der Waals surface area contributed by atoms with E-state index >= 15 is 0 Å². The van der Waals surface area contributed by atoms with Gasteiger partial charge in [0.25, 0.3) is 0 Å². The van der Waals surface area contributed by atoms with Crippen molar-refractivity contribution in [1.82, 2.24) is 24.7 Å². The topological polar surface area (TPSA) is 72.9 Å². The smallest absolute Gasteiger partial charge is 0.200 e. The Morgan fingerprint density at radius 2 is 2.12 bits per heavy atom. The minimum absolute atomic E-state index is 0.247. The van der Waals surface area contributed by atoms with Crippen LogP contribution < -0.4 is 4.90 Å². The van der Waals surface area contributed by atoms with Crippen molar-refractivity contribution in [2.75, 3.05) is 18.0 Å². The highest BCUT2D eigenvalue weighted by Crippen LogP contribution is 2.35. The Labute approximate surface area is 158 Å². The number of hydrogen-bond acceptors (Lipinski definition) is 6. The molecule has 1 saturated heterocycles. The van der Waals surface area contributed by atoms with Gasteiger partial charge in [0.15, 0.2) is 17.1 Å². The van der Waals surface area contributed by atoms with Gasteiger partial charge in [0.1, 0.15) is 22.3 Å². The molecule has 7 nitrogen and oxygen atoms in total. The number of oxazole rings is 1. The Bertz CT molecular complexity index is 1070. The Morgan fingerprint density at radius 1 is 1.23 bits per heavy atom. The molecule has 4 heterocycles. The van der Waals surface area contributed by atoms with Crippen LogP contribution in [0.1, 0.15) is 24.7 Å². The number of halogens is 1. The zero-order valence-electron chi connectivity index (χ0n) is 14.3. The molecule has 1 aliphatic heterocycles. The number of aryl methyl sites for hydroxylation is 1. The molecule has 0 N–H and O–H groups in total. The number of hydrogen-bond donors (Lipinski definition) is 0. The molecular weight excluding hydrogens is 396 g/mol. The SMILES string of the molecule is Cn1nc(Br)c2c(N3CCCC(c4nc5ccccc5o4)C3)ncnc21. The number of fused-ring (bicyclic) bond motifs is 2. The van der Waals surface area contributed by atoms with Crippen LogP contribution in [0.15, 0.2) is 39.6 Å². The Balaban J connectivity index is 1.51. The summed E-state index contributed by atoms with van der Waals surface area (Å²) >= 11 is 3.55.